The first-order chi connectivity index (χ1) is 10.7. The Balaban J connectivity index is 1.58. The van der Waals surface area contributed by atoms with Crippen molar-refractivity contribution in [2.45, 2.75) is 44.7 Å². The highest BCUT2D eigenvalue weighted by Gasteiger charge is 2.30. The molecular weight excluding hydrogens is 282 g/mol. The standard InChI is InChI=1S/C15H17N5O2/c21-12-7-6-11(19-9-3-4-10(12)19)14(22)16-15-18-17-13-5-1-2-8-20(13)15/h3-4,9,11H,1-2,5-8H2,(H,16,18,22). The Hall–Kier alpha value is -2.44. The predicted molar refractivity (Wildman–Crippen MR) is 78.6 cm³/mol. The Morgan fingerprint density at radius 3 is 3.09 bits per heavy atom. The Morgan fingerprint density at radius 2 is 2.18 bits per heavy atom. The molecule has 0 aromatic carbocycles. The number of nitrogens with zero attached hydrogens (tertiary/aromatic N) is 4. The van der Waals surface area contributed by atoms with E-state index in [2.05, 4.69) is 15.5 Å². The molecule has 2 aliphatic heterocycles. The largest absolute Gasteiger partial charge is 0.333 e. The van der Waals surface area contributed by atoms with Crippen LogP contribution in [-0.4, -0.2) is 31.0 Å². The number of fused-ring (bicyclic) bond motifs is 2. The molecule has 114 valence electrons. The van der Waals surface area contributed by atoms with Crippen molar-refractivity contribution in [3.05, 3.63) is 29.8 Å². The van der Waals surface area contributed by atoms with Crippen LogP contribution in [0.25, 0.3) is 0 Å². The molecule has 0 aliphatic carbocycles. The molecule has 4 rings (SSSR count). The van der Waals surface area contributed by atoms with Gasteiger partial charge in [0.1, 0.15) is 11.9 Å². The second-order valence-corrected chi connectivity index (χ2v) is 5.82. The highest BCUT2D eigenvalue weighted by atomic mass is 16.2. The molecule has 0 saturated carbocycles. The van der Waals surface area contributed by atoms with Gasteiger partial charge in [0, 0.05) is 25.6 Å². The maximum Gasteiger partial charge on any atom is 0.249 e. The van der Waals surface area contributed by atoms with Crippen LogP contribution in [0, 0.1) is 0 Å². The third-order valence-electron chi connectivity index (χ3n) is 4.44. The van der Waals surface area contributed by atoms with Crippen molar-refractivity contribution < 1.29 is 9.59 Å². The molecule has 2 aromatic rings. The molecule has 7 heteroatoms. The number of aryl methyl sites for hydroxylation is 1. The van der Waals surface area contributed by atoms with Gasteiger partial charge in [-0.05, 0) is 31.4 Å². The van der Waals surface area contributed by atoms with Crippen molar-refractivity contribution in [2.24, 2.45) is 0 Å². The summed E-state index contributed by atoms with van der Waals surface area (Å²) in [5.41, 5.74) is 0.606. The summed E-state index contributed by atoms with van der Waals surface area (Å²) in [6, 6.07) is 3.21. The summed E-state index contributed by atoms with van der Waals surface area (Å²) >= 11 is 0. The van der Waals surface area contributed by atoms with Gasteiger partial charge in [0.25, 0.3) is 0 Å². The van der Waals surface area contributed by atoms with Gasteiger partial charge < -0.3 is 4.57 Å². The van der Waals surface area contributed by atoms with E-state index in [-0.39, 0.29) is 17.7 Å². The van der Waals surface area contributed by atoms with Crippen molar-refractivity contribution in [3.8, 4) is 0 Å². The van der Waals surface area contributed by atoms with E-state index < -0.39 is 0 Å². The van der Waals surface area contributed by atoms with Crippen molar-refractivity contribution in [3.63, 3.8) is 0 Å². The highest BCUT2D eigenvalue weighted by Crippen LogP contribution is 2.27. The van der Waals surface area contributed by atoms with Crippen molar-refractivity contribution in [2.75, 3.05) is 5.32 Å². The first-order valence-corrected chi connectivity index (χ1v) is 7.67. The predicted octanol–water partition coefficient (Wildman–Crippen LogP) is 1.57. The van der Waals surface area contributed by atoms with E-state index in [4.69, 9.17) is 0 Å². The fraction of sp³-hybridized carbons (Fsp3) is 0.467. The summed E-state index contributed by atoms with van der Waals surface area (Å²) in [4.78, 5) is 24.4. The number of Topliss-reactive ketones (excluding diaryl/α,β-unsaturated/α-hetero) is 1. The van der Waals surface area contributed by atoms with Crippen molar-refractivity contribution in [1.82, 2.24) is 19.3 Å². The topological polar surface area (TPSA) is 81.8 Å². The van der Waals surface area contributed by atoms with Crippen LogP contribution in [0.2, 0.25) is 0 Å². The van der Waals surface area contributed by atoms with Gasteiger partial charge in [0.2, 0.25) is 11.9 Å². The summed E-state index contributed by atoms with van der Waals surface area (Å²) in [7, 11) is 0. The molecule has 2 aromatic heterocycles. The zero-order valence-corrected chi connectivity index (χ0v) is 12.2. The van der Waals surface area contributed by atoms with Gasteiger partial charge in [-0.1, -0.05) is 0 Å². The zero-order chi connectivity index (χ0) is 15.1. The minimum absolute atomic E-state index is 0.0916. The van der Waals surface area contributed by atoms with Crippen LogP contribution in [0.15, 0.2) is 18.3 Å². The molecule has 0 fully saturated rings. The van der Waals surface area contributed by atoms with E-state index >= 15 is 0 Å². The Bertz CT molecular complexity index is 745. The van der Waals surface area contributed by atoms with Gasteiger partial charge in [-0.15, -0.1) is 10.2 Å². The second kappa shape index (κ2) is 5.08. The minimum Gasteiger partial charge on any atom is -0.333 e. The number of rotatable bonds is 2. The van der Waals surface area contributed by atoms with Crippen LogP contribution in [0.3, 0.4) is 0 Å². The molecule has 1 amide bonds. The molecule has 0 saturated heterocycles. The van der Waals surface area contributed by atoms with E-state index in [1.807, 2.05) is 4.57 Å². The number of amides is 1. The highest BCUT2D eigenvalue weighted by molar-refractivity contribution is 5.99. The molecule has 0 radical (unpaired) electrons. The molecule has 1 atom stereocenters. The quantitative estimate of drug-likeness (QED) is 0.912. The van der Waals surface area contributed by atoms with Crippen LogP contribution in [0.4, 0.5) is 5.95 Å². The average Bonchev–Trinajstić information content (AvgIpc) is 3.16. The third kappa shape index (κ3) is 2.04. The van der Waals surface area contributed by atoms with Crippen LogP contribution in [-0.2, 0) is 17.8 Å². The fourth-order valence-corrected chi connectivity index (χ4v) is 3.29. The summed E-state index contributed by atoms with van der Waals surface area (Å²) in [5.74, 6) is 1.41. The first kappa shape index (κ1) is 13.2. The summed E-state index contributed by atoms with van der Waals surface area (Å²) in [6.45, 7) is 0.843. The zero-order valence-electron chi connectivity index (χ0n) is 12.2. The molecule has 0 spiro atoms. The molecule has 0 bridgehead atoms. The number of carbonyl (C=O) groups is 2. The number of carbonyl (C=O) groups excluding carboxylic acids is 2. The lowest BCUT2D eigenvalue weighted by molar-refractivity contribution is -0.119. The lowest BCUT2D eigenvalue weighted by Gasteiger charge is -2.24. The maximum atomic E-state index is 12.6. The number of hydrogen-bond donors (Lipinski definition) is 1. The number of anilines is 1. The molecule has 1 unspecified atom stereocenters. The van der Waals surface area contributed by atoms with E-state index in [0.717, 1.165) is 31.6 Å². The van der Waals surface area contributed by atoms with E-state index in [1.54, 1.807) is 22.9 Å². The summed E-state index contributed by atoms with van der Waals surface area (Å²) in [6.07, 6.45) is 5.81. The fourth-order valence-electron chi connectivity index (χ4n) is 3.29. The molecule has 7 nitrogen and oxygen atoms in total. The average molecular weight is 299 g/mol. The number of aromatic nitrogens is 4. The van der Waals surface area contributed by atoms with Crippen LogP contribution < -0.4 is 5.32 Å². The van der Waals surface area contributed by atoms with Gasteiger partial charge in [-0.25, -0.2) is 0 Å². The Labute approximate surface area is 127 Å². The molecule has 22 heavy (non-hydrogen) atoms. The Morgan fingerprint density at radius 1 is 1.27 bits per heavy atom. The van der Waals surface area contributed by atoms with Gasteiger partial charge in [-0.3, -0.25) is 19.5 Å². The molecule has 1 N–H and O–H groups in total. The molecule has 4 heterocycles. The SMILES string of the molecule is O=C1CCC(C(=O)Nc2nnc3n2CCCC3)n2cccc21. The van der Waals surface area contributed by atoms with E-state index in [9.17, 15) is 9.59 Å². The number of ketones is 1. The third-order valence-corrected chi connectivity index (χ3v) is 4.44. The lowest BCUT2D eigenvalue weighted by Crippen LogP contribution is -2.32. The van der Waals surface area contributed by atoms with E-state index in [1.165, 1.54) is 0 Å². The van der Waals surface area contributed by atoms with Gasteiger partial charge in [-0.2, -0.15) is 0 Å². The van der Waals surface area contributed by atoms with Gasteiger partial charge in [0.05, 0.1) is 5.69 Å². The van der Waals surface area contributed by atoms with Crippen LogP contribution in [0.1, 0.15) is 48.0 Å². The van der Waals surface area contributed by atoms with Crippen molar-refractivity contribution in [1.29, 1.82) is 0 Å². The van der Waals surface area contributed by atoms with Crippen LogP contribution in [0.5, 0.6) is 0 Å². The number of nitrogens with one attached hydrogen (secondary N) is 1. The summed E-state index contributed by atoms with van der Waals surface area (Å²) < 4.78 is 3.74. The van der Waals surface area contributed by atoms with Crippen molar-refractivity contribution >= 4 is 17.6 Å². The monoisotopic (exact) mass is 299 g/mol. The van der Waals surface area contributed by atoms with Gasteiger partial charge >= 0.3 is 0 Å². The maximum absolute atomic E-state index is 12.6. The first-order valence-electron chi connectivity index (χ1n) is 7.67. The molecular formula is C15H17N5O2. The van der Waals surface area contributed by atoms with E-state index in [0.29, 0.717) is 24.5 Å². The lowest BCUT2D eigenvalue weighted by atomic mass is 10.0. The smallest absolute Gasteiger partial charge is 0.249 e. The van der Waals surface area contributed by atoms with Crippen LogP contribution >= 0.6 is 0 Å². The minimum atomic E-state index is -0.362. The Kier molecular flexibility index (Phi) is 3.06. The molecule has 2 aliphatic rings. The number of hydrogen-bond acceptors (Lipinski definition) is 4. The van der Waals surface area contributed by atoms with Gasteiger partial charge in [0.15, 0.2) is 5.78 Å². The second-order valence-electron chi connectivity index (χ2n) is 5.82. The normalized spacial score (nSPS) is 20.4. The summed E-state index contributed by atoms with van der Waals surface area (Å²) in [5, 5.41) is 11.1.